The van der Waals surface area contributed by atoms with E-state index in [4.69, 9.17) is 0 Å². The van der Waals surface area contributed by atoms with Gasteiger partial charge in [0, 0.05) is 24.6 Å². The van der Waals surface area contributed by atoms with Crippen molar-refractivity contribution in [1.29, 1.82) is 0 Å². The fraction of sp³-hybridized carbons (Fsp3) is 0.154. The summed E-state index contributed by atoms with van der Waals surface area (Å²) in [5.74, 6) is 0. The van der Waals surface area contributed by atoms with Crippen LogP contribution in [0.3, 0.4) is 0 Å². The van der Waals surface area contributed by atoms with Crippen LogP contribution >= 0.6 is 0 Å². The van der Waals surface area contributed by atoms with Gasteiger partial charge in [-0.2, -0.15) is 0 Å². The molecule has 2 aromatic rings. The van der Waals surface area contributed by atoms with Crippen molar-refractivity contribution in [3.05, 3.63) is 48.3 Å². The summed E-state index contributed by atoms with van der Waals surface area (Å²) in [6, 6.07) is 9.84. The number of benzene rings is 1. The Bertz CT molecular complexity index is 667. The Morgan fingerprint density at radius 1 is 1.05 bits per heavy atom. The first-order valence-electron chi connectivity index (χ1n) is 5.74. The lowest BCUT2D eigenvalue weighted by atomic mass is 10.3. The summed E-state index contributed by atoms with van der Waals surface area (Å²) in [5, 5.41) is 2.94. The Balaban J connectivity index is 2.27. The van der Waals surface area contributed by atoms with Crippen LogP contribution in [0.2, 0.25) is 0 Å². The standard InChI is InChI=1S/C13H15N3O2S/c1-10-9-12(7-8-15-10)16-19(17,18)13-5-3-11(14-2)4-6-13/h3-9,14H,1-2H3,(H,15,16). The van der Waals surface area contributed by atoms with Gasteiger partial charge in [0.15, 0.2) is 0 Å². The number of nitrogens with zero attached hydrogens (tertiary/aromatic N) is 1. The van der Waals surface area contributed by atoms with Crippen molar-refractivity contribution in [3.8, 4) is 0 Å². The molecule has 0 amide bonds. The molecule has 0 aliphatic carbocycles. The molecular weight excluding hydrogens is 262 g/mol. The summed E-state index contributed by atoms with van der Waals surface area (Å²) in [4.78, 5) is 4.25. The van der Waals surface area contributed by atoms with Crippen molar-refractivity contribution in [2.24, 2.45) is 0 Å². The largest absolute Gasteiger partial charge is 0.388 e. The van der Waals surface area contributed by atoms with Crippen LogP contribution in [-0.4, -0.2) is 20.4 Å². The average molecular weight is 277 g/mol. The molecule has 0 unspecified atom stereocenters. The lowest BCUT2D eigenvalue weighted by molar-refractivity contribution is 0.601. The van der Waals surface area contributed by atoms with Crippen molar-refractivity contribution in [2.75, 3.05) is 17.1 Å². The molecule has 0 spiro atoms. The molecule has 0 fully saturated rings. The zero-order chi connectivity index (χ0) is 13.9. The number of rotatable bonds is 4. The molecule has 5 nitrogen and oxygen atoms in total. The van der Waals surface area contributed by atoms with Gasteiger partial charge in [-0.3, -0.25) is 9.71 Å². The summed E-state index contributed by atoms with van der Waals surface area (Å²) in [7, 11) is -1.78. The molecule has 2 N–H and O–H groups in total. The van der Waals surface area contributed by atoms with Crippen LogP contribution in [0, 0.1) is 6.92 Å². The minimum Gasteiger partial charge on any atom is -0.388 e. The van der Waals surface area contributed by atoms with Crippen LogP contribution in [0.5, 0.6) is 0 Å². The summed E-state index contributed by atoms with van der Waals surface area (Å²) in [5.41, 5.74) is 2.12. The minimum atomic E-state index is -3.56. The maximum absolute atomic E-state index is 12.2. The lowest BCUT2D eigenvalue weighted by Gasteiger charge is -2.09. The van der Waals surface area contributed by atoms with Crippen LogP contribution in [0.25, 0.3) is 0 Å². The second-order valence-corrected chi connectivity index (χ2v) is 5.75. The fourth-order valence-electron chi connectivity index (χ4n) is 1.62. The summed E-state index contributed by atoms with van der Waals surface area (Å²) < 4.78 is 26.8. The van der Waals surface area contributed by atoms with Crippen LogP contribution < -0.4 is 10.0 Å². The minimum absolute atomic E-state index is 0.223. The molecule has 19 heavy (non-hydrogen) atoms. The van der Waals surface area contributed by atoms with Crippen molar-refractivity contribution in [1.82, 2.24) is 4.98 Å². The van der Waals surface area contributed by atoms with E-state index >= 15 is 0 Å². The van der Waals surface area contributed by atoms with E-state index < -0.39 is 10.0 Å². The van der Waals surface area contributed by atoms with Crippen molar-refractivity contribution in [3.63, 3.8) is 0 Å². The number of pyridine rings is 1. The zero-order valence-corrected chi connectivity index (χ0v) is 11.5. The molecule has 0 saturated heterocycles. The predicted octanol–water partition coefficient (Wildman–Crippen LogP) is 2.23. The van der Waals surface area contributed by atoms with Gasteiger partial charge in [-0.1, -0.05) is 0 Å². The fourth-order valence-corrected chi connectivity index (χ4v) is 2.67. The molecule has 6 heteroatoms. The van der Waals surface area contributed by atoms with Crippen molar-refractivity contribution >= 4 is 21.4 Å². The van der Waals surface area contributed by atoms with E-state index in [1.54, 1.807) is 56.6 Å². The first kappa shape index (κ1) is 13.4. The first-order chi connectivity index (χ1) is 9.01. The third-order valence-electron chi connectivity index (χ3n) is 2.60. The van der Waals surface area contributed by atoms with E-state index in [0.717, 1.165) is 11.4 Å². The van der Waals surface area contributed by atoms with Gasteiger partial charge < -0.3 is 5.32 Å². The van der Waals surface area contributed by atoms with Gasteiger partial charge in [0.05, 0.1) is 10.6 Å². The zero-order valence-electron chi connectivity index (χ0n) is 10.7. The Morgan fingerprint density at radius 3 is 2.32 bits per heavy atom. The Hall–Kier alpha value is -2.08. The normalized spacial score (nSPS) is 11.1. The third-order valence-corrected chi connectivity index (χ3v) is 4.00. The molecule has 0 atom stereocenters. The van der Waals surface area contributed by atoms with Gasteiger partial charge in [-0.05, 0) is 43.3 Å². The number of aromatic nitrogens is 1. The highest BCUT2D eigenvalue weighted by atomic mass is 32.2. The molecular formula is C13H15N3O2S. The maximum Gasteiger partial charge on any atom is 0.261 e. The molecule has 0 aliphatic rings. The van der Waals surface area contributed by atoms with E-state index in [2.05, 4.69) is 15.0 Å². The van der Waals surface area contributed by atoms with Crippen molar-refractivity contribution < 1.29 is 8.42 Å². The molecule has 1 heterocycles. The number of anilines is 2. The molecule has 100 valence electrons. The summed E-state index contributed by atoms with van der Waals surface area (Å²) in [6.45, 7) is 1.81. The first-order valence-corrected chi connectivity index (χ1v) is 7.23. The van der Waals surface area contributed by atoms with Gasteiger partial charge in [0.1, 0.15) is 0 Å². The van der Waals surface area contributed by atoms with Crippen LogP contribution in [-0.2, 0) is 10.0 Å². The monoisotopic (exact) mass is 277 g/mol. The highest BCUT2D eigenvalue weighted by molar-refractivity contribution is 7.92. The average Bonchev–Trinajstić information content (AvgIpc) is 2.38. The summed E-state index contributed by atoms with van der Waals surface area (Å²) >= 11 is 0. The van der Waals surface area contributed by atoms with Crippen LogP contribution in [0.4, 0.5) is 11.4 Å². The second kappa shape index (κ2) is 5.27. The van der Waals surface area contributed by atoms with E-state index in [1.807, 2.05) is 0 Å². The van der Waals surface area contributed by atoms with Gasteiger partial charge in [0.25, 0.3) is 10.0 Å². The Morgan fingerprint density at radius 2 is 1.74 bits per heavy atom. The van der Waals surface area contributed by atoms with E-state index in [1.165, 1.54) is 0 Å². The molecule has 0 aliphatic heterocycles. The number of hydrogen-bond acceptors (Lipinski definition) is 4. The highest BCUT2D eigenvalue weighted by Crippen LogP contribution is 2.18. The summed E-state index contributed by atoms with van der Waals surface area (Å²) in [6.07, 6.45) is 1.57. The molecule has 1 aromatic heterocycles. The second-order valence-electron chi connectivity index (χ2n) is 4.07. The SMILES string of the molecule is CNc1ccc(S(=O)(=O)Nc2ccnc(C)c2)cc1. The van der Waals surface area contributed by atoms with Crippen LogP contribution in [0.1, 0.15) is 5.69 Å². The quantitative estimate of drug-likeness (QED) is 0.899. The van der Waals surface area contributed by atoms with Gasteiger partial charge in [-0.15, -0.1) is 0 Å². The molecule has 0 saturated carbocycles. The smallest absolute Gasteiger partial charge is 0.261 e. The van der Waals surface area contributed by atoms with Crippen molar-refractivity contribution in [2.45, 2.75) is 11.8 Å². The lowest BCUT2D eigenvalue weighted by Crippen LogP contribution is -2.13. The highest BCUT2D eigenvalue weighted by Gasteiger charge is 2.13. The maximum atomic E-state index is 12.2. The Labute approximate surface area is 112 Å². The van der Waals surface area contributed by atoms with Gasteiger partial charge >= 0.3 is 0 Å². The molecule has 0 radical (unpaired) electrons. The molecule has 2 rings (SSSR count). The number of hydrogen-bond donors (Lipinski definition) is 2. The predicted molar refractivity (Wildman–Crippen MR) is 75.8 cm³/mol. The van der Waals surface area contributed by atoms with Gasteiger partial charge in [0.2, 0.25) is 0 Å². The molecule has 1 aromatic carbocycles. The van der Waals surface area contributed by atoms with Crippen LogP contribution in [0.15, 0.2) is 47.5 Å². The number of nitrogens with one attached hydrogen (secondary N) is 2. The third kappa shape index (κ3) is 3.23. The van der Waals surface area contributed by atoms with Gasteiger partial charge in [-0.25, -0.2) is 8.42 Å². The number of sulfonamides is 1. The van der Waals surface area contributed by atoms with E-state index in [9.17, 15) is 8.42 Å². The van der Waals surface area contributed by atoms with E-state index in [-0.39, 0.29) is 4.90 Å². The topological polar surface area (TPSA) is 71.1 Å². The Kier molecular flexibility index (Phi) is 3.71. The van der Waals surface area contributed by atoms with E-state index in [0.29, 0.717) is 5.69 Å². The molecule has 0 bridgehead atoms. The number of aryl methyl sites for hydroxylation is 1.